The van der Waals surface area contributed by atoms with Crippen LogP contribution in [0.2, 0.25) is 0 Å². The summed E-state index contributed by atoms with van der Waals surface area (Å²) in [6.45, 7) is 9.84. The largest absolute Gasteiger partial charge is 0.343 e. The van der Waals surface area contributed by atoms with Crippen LogP contribution in [0.3, 0.4) is 0 Å². The lowest BCUT2D eigenvalue weighted by Gasteiger charge is -2.29. The van der Waals surface area contributed by atoms with Gasteiger partial charge in [-0.25, -0.2) is 15.0 Å². The van der Waals surface area contributed by atoms with Crippen LogP contribution in [-0.2, 0) is 0 Å². The lowest BCUT2D eigenvalue weighted by atomic mass is 10.1. The van der Waals surface area contributed by atoms with Gasteiger partial charge in [0.05, 0.1) is 24.5 Å². The molecule has 0 fully saturated rings. The van der Waals surface area contributed by atoms with Crippen LogP contribution < -0.4 is 10.6 Å². The zero-order valence-corrected chi connectivity index (χ0v) is 13.5. The molecule has 1 aliphatic heterocycles. The Kier molecular flexibility index (Phi) is 3.94. The minimum absolute atomic E-state index is 0.472. The third-order valence-electron chi connectivity index (χ3n) is 3.94. The number of aliphatic imine (C=N–C) groups is 1. The van der Waals surface area contributed by atoms with Crippen LogP contribution in [0.1, 0.15) is 25.1 Å². The Morgan fingerprint density at radius 1 is 1.23 bits per heavy atom. The molecule has 0 radical (unpaired) electrons. The fourth-order valence-electron chi connectivity index (χ4n) is 2.48. The number of guanidine groups is 1. The third-order valence-corrected chi connectivity index (χ3v) is 3.94. The Morgan fingerprint density at radius 2 is 2.05 bits per heavy atom. The molecule has 22 heavy (non-hydrogen) atoms. The first-order valence-electron chi connectivity index (χ1n) is 7.58. The average Bonchev–Trinajstić information content (AvgIpc) is 2.49. The SMILES string of the molecule is Cc1nc(NC2=NCN(C(C)C)CN2)nc2c(C)cccc12. The highest BCUT2D eigenvalue weighted by Gasteiger charge is 2.15. The number of rotatable bonds is 2. The number of nitrogens with one attached hydrogen (secondary N) is 2. The van der Waals surface area contributed by atoms with Gasteiger partial charge in [-0.05, 0) is 33.3 Å². The first-order valence-corrected chi connectivity index (χ1v) is 7.58. The molecule has 6 nitrogen and oxygen atoms in total. The molecule has 0 unspecified atom stereocenters. The van der Waals surface area contributed by atoms with Crippen LogP contribution >= 0.6 is 0 Å². The van der Waals surface area contributed by atoms with E-state index in [1.165, 1.54) is 0 Å². The second kappa shape index (κ2) is 5.88. The normalized spacial score (nSPS) is 15.8. The number of hydrogen-bond donors (Lipinski definition) is 2. The van der Waals surface area contributed by atoms with Gasteiger partial charge in [0.1, 0.15) is 0 Å². The standard InChI is InChI=1S/C16H22N6/c1-10(2)22-8-17-15(18-9-22)21-16-19-12(4)13-7-5-6-11(3)14(13)20-16/h5-7,10H,8-9H2,1-4H3,(H2,17,18,19,20,21). The quantitative estimate of drug-likeness (QED) is 0.890. The third kappa shape index (κ3) is 2.87. The summed E-state index contributed by atoms with van der Waals surface area (Å²) in [5.41, 5.74) is 3.10. The monoisotopic (exact) mass is 298 g/mol. The molecule has 6 heteroatoms. The van der Waals surface area contributed by atoms with Crippen molar-refractivity contribution < 1.29 is 0 Å². The molecule has 2 aromatic rings. The number of para-hydroxylation sites is 1. The Hall–Kier alpha value is -2.21. The maximum atomic E-state index is 4.63. The van der Waals surface area contributed by atoms with Crippen molar-refractivity contribution in [3.8, 4) is 0 Å². The molecule has 0 bridgehead atoms. The van der Waals surface area contributed by atoms with Gasteiger partial charge < -0.3 is 5.32 Å². The van der Waals surface area contributed by atoms with Gasteiger partial charge in [0.15, 0.2) is 0 Å². The van der Waals surface area contributed by atoms with Gasteiger partial charge in [-0.3, -0.25) is 10.2 Å². The molecule has 3 rings (SSSR count). The van der Waals surface area contributed by atoms with Crippen molar-refractivity contribution in [3.05, 3.63) is 29.5 Å². The van der Waals surface area contributed by atoms with Gasteiger partial charge in [-0.15, -0.1) is 0 Å². The van der Waals surface area contributed by atoms with Crippen LogP contribution in [0.25, 0.3) is 10.9 Å². The Labute approximate surface area is 130 Å². The smallest absolute Gasteiger partial charge is 0.230 e. The number of anilines is 1. The van der Waals surface area contributed by atoms with Gasteiger partial charge in [0.2, 0.25) is 11.9 Å². The summed E-state index contributed by atoms with van der Waals surface area (Å²) in [5.74, 6) is 1.31. The molecule has 1 aliphatic rings. The van der Waals surface area contributed by atoms with E-state index in [1.54, 1.807) is 0 Å². The predicted octanol–water partition coefficient (Wildman–Crippen LogP) is 2.24. The lowest BCUT2D eigenvalue weighted by Crippen LogP contribution is -2.48. The highest BCUT2D eigenvalue weighted by Crippen LogP contribution is 2.20. The van der Waals surface area contributed by atoms with E-state index in [1.807, 2.05) is 13.0 Å². The van der Waals surface area contributed by atoms with E-state index in [2.05, 4.69) is 63.4 Å². The Morgan fingerprint density at radius 3 is 2.73 bits per heavy atom. The summed E-state index contributed by atoms with van der Waals surface area (Å²) in [7, 11) is 0. The molecule has 1 aromatic carbocycles. The van der Waals surface area contributed by atoms with Gasteiger partial charge in [0, 0.05) is 11.4 Å². The molecule has 116 valence electrons. The number of nitrogens with zero attached hydrogens (tertiary/aromatic N) is 4. The summed E-state index contributed by atoms with van der Waals surface area (Å²) in [4.78, 5) is 15.9. The van der Waals surface area contributed by atoms with E-state index >= 15 is 0 Å². The van der Waals surface area contributed by atoms with Crippen LogP contribution in [0, 0.1) is 13.8 Å². The Bertz CT molecular complexity index is 722. The minimum Gasteiger partial charge on any atom is -0.343 e. The first kappa shape index (κ1) is 14.7. The van der Waals surface area contributed by atoms with Crippen molar-refractivity contribution >= 4 is 22.8 Å². The van der Waals surface area contributed by atoms with Crippen molar-refractivity contribution in [1.29, 1.82) is 0 Å². The molecule has 0 saturated carbocycles. The van der Waals surface area contributed by atoms with Crippen molar-refractivity contribution in [3.63, 3.8) is 0 Å². The molecule has 0 spiro atoms. The first-order chi connectivity index (χ1) is 10.5. The van der Waals surface area contributed by atoms with Crippen LogP contribution in [0.5, 0.6) is 0 Å². The predicted molar refractivity (Wildman–Crippen MR) is 89.9 cm³/mol. The fourth-order valence-corrected chi connectivity index (χ4v) is 2.48. The van der Waals surface area contributed by atoms with E-state index in [0.29, 0.717) is 18.7 Å². The average molecular weight is 298 g/mol. The molecule has 2 heterocycles. The van der Waals surface area contributed by atoms with Gasteiger partial charge in [-0.2, -0.15) is 0 Å². The van der Waals surface area contributed by atoms with E-state index in [4.69, 9.17) is 0 Å². The summed E-state index contributed by atoms with van der Waals surface area (Å²) in [6.07, 6.45) is 0. The highest BCUT2D eigenvalue weighted by atomic mass is 15.4. The van der Waals surface area contributed by atoms with E-state index in [0.717, 1.165) is 34.8 Å². The van der Waals surface area contributed by atoms with E-state index < -0.39 is 0 Å². The molecule has 0 atom stereocenters. The number of aryl methyl sites for hydroxylation is 2. The van der Waals surface area contributed by atoms with Crippen molar-refractivity contribution in [1.82, 2.24) is 20.2 Å². The second-order valence-electron chi connectivity index (χ2n) is 5.89. The molecule has 1 aromatic heterocycles. The van der Waals surface area contributed by atoms with E-state index in [9.17, 15) is 0 Å². The number of benzene rings is 1. The fraction of sp³-hybridized carbons (Fsp3) is 0.438. The molecule has 0 saturated heterocycles. The maximum Gasteiger partial charge on any atom is 0.230 e. The highest BCUT2D eigenvalue weighted by molar-refractivity contribution is 5.93. The molecule has 2 N–H and O–H groups in total. The minimum atomic E-state index is 0.472. The van der Waals surface area contributed by atoms with Crippen LogP contribution in [0.15, 0.2) is 23.2 Å². The summed E-state index contributed by atoms with van der Waals surface area (Å²) in [5, 5.41) is 7.55. The van der Waals surface area contributed by atoms with Crippen LogP contribution in [0.4, 0.5) is 5.95 Å². The second-order valence-corrected chi connectivity index (χ2v) is 5.89. The number of aromatic nitrogens is 2. The van der Waals surface area contributed by atoms with Gasteiger partial charge in [0.25, 0.3) is 0 Å². The Balaban J connectivity index is 1.85. The van der Waals surface area contributed by atoms with Crippen LogP contribution in [-0.4, -0.2) is 40.2 Å². The molecular weight excluding hydrogens is 276 g/mol. The van der Waals surface area contributed by atoms with Gasteiger partial charge >= 0.3 is 0 Å². The van der Waals surface area contributed by atoms with Crippen molar-refractivity contribution in [2.45, 2.75) is 33.7 Å². The number of hydrogen-bond acceptors (Lipinski definition) is 6. The molecule has 0 amide bonds. The zero-order chi connectivity index (χ0) is 15.7. The summed E-state index contributed by atoms with van der Waals surface area (Å²) >= 11 is 0. The summed E-state index contributed by atoms with van der Waals surface area (Å²) < 4.78 is 0. The molecule has 0 aliphatic carbocycles. The maximum absolute atomic E-state index is 4.63. The van der Waals surface area contributed by atoms with Crippen molar-refractivity contribution in [2.75, 3.05) is 18.7 Å². The molecular formula is C16H22N6. The number of fused-ring (bicyclic) bond motifs is 1. The topological polar surface area (TPSA) is 65.4 Å². The lowest BCUT2D eigenvalue weighted by molar-refractivity contribution is 0.214. The van der Waals surface area contributed by atoms with E-state index in [-0.39, 0.29) is 0 Å². The van der Waals surface area contributed by atoms with Crippen molar-refractivity contribution in [2.24, 2.45) is 4.99 Å². The zero-order valence-electron chi connectivity index (χ0n) is 13.5. The van der Waals surface area contributed by atoms with Gasteiger partial charge in [-0.1, -0.05) is 18.2 Å². The summed E-state index contributed by atoms with van der Waals surface area (Å²) in [6, 6.07) is 6.63.